The van der Waals surface area contributed by atoms with Gasteiger partial charge >= 0.3 is 5.97 Å². The van der Waals surface area contributed by atoms with Crippen molar-refractivity contribution in [2.75, 3.05) is 6.61 Å². The average Bonchev–Trinajstić information content (AvgIpc) is 2.26. The third kappa shape index (κ3) is 4.47. The van der Waals surface area contributed by atoms with Gasteiger partial charge in [0.1, 0.15) is 0 Å². The number of rotatable bonds is 6. The first-order valence-corrected chi connectivity index (χ1v) is 8.19. The maximum Gasteiger partial charge on any atom is 0.312 e. The van der Waals surface area contributed by atoms with Crippen LogP contribution >= 0.6 is 0 Å². The second-order valence-electron chi connectivity index (χ2n) is 7.17. The fourth-order valence-electron chi connectivity index (χ4n) is 3.90. The molecule has 0 aliphatic heterocycles. The van der Waals surface area contributed by atoms with Crippen molar-refractivity contribution in [2.45, 2.75) is 72.3 Å². The van der Waals surface area contributed by atoms with Crippen LogP contribution in [0.25, 0.3) is 0 Å². The molecule has 0 saturated heterocycles. The van der Waals surface area contributed by atoms with Crippen molar-refractivity contribution in [1.29, 1.82) is 0 Å². The monoisotopic (exact) mass is 284 g/mol. The van der Waals surface area contributed by atoms with Gasteiger partial charge in [-0.15, -0.1) is 0 Å². The average molecular weight is 284 g/mol. The highest BCUT2D eigenvalue weighted by molar-refractivity contribution is 5.74. The topological polar surface area (TPSA) is 46.5 Å². The van der Waals surface area contributed by atoms with Crippen LogP contribution in [0.3, 0.4) is 0 Å². The van der Waals surface area contributed by atoms with Gasteiger partial charge in [-0.1, -0.05) is 40.5 Å². The van der Waals surface area contributed by atoms with Gasteiger partial charge in [0, 0.05) is 0 Å². The Morgan fingerprint density at radius 1 is 1.35 bits per heavy atom. The van der Waals surface area contributed by atoms with E-state index in [0.717, 1.165) is 25.7 Å². The molecule has 1 saturated carbocycles. The van der Waals surface area contributed by atoms with E-state index in [2.05, 4.69) is 13.8 Å². The molecular formula is C17H32O3. The molecule has 0 spiro atoms. The summed E-state index contributed by atoms with van der Waals surface area (Å²) in [5.74, 6) is 0.663. The fraction of sp³-hybridized carbons (Fsp3) is 0.941. The molecule has 3 nitrogen and oxygen atoms in total. The van der Waals surface area contributed by atoms with E-state index in [9.17, 15) is 9.90 Å². The normalized spacial score (nSPS) is 28.7. The van der Waals surface area contributed by atoms with Crippen LogP contribution in [0.15, 0.2) is 0 Å². The highest BCUT2D eigenvalue weighted by Crippen LogP contribution is 2.42. The Balaban J connectivity index is 2.84. The Morgan fingerprint density at radius 2 is 2.00 bits per heavy atom. The van der Waals surface area contributed by atoms with Crippen LogP contribution in [0.5, 0.6) is 0 Å². The van der Waals surface area contributed by atoms with Crippen LogP contribution in [-0.4, -0.2) is 23.3 Å². The number of aliphatic hydroxyl groups is 1. The summed E-state index contributed by atoms with van der Waals surface area (Å²) in [6.45, 7) is 10.7. The van der Waals surface area contributed by atoms with Gasteiger partial charge in [0.25, 0.3) is 0 Å². The second kappa shape index (κ2) is 7.44. The van der Waals surface area contributed by atoms with Crippen LogP contribution < -0.4 is 0 Å². The van der Waals surface area contributed by atoms with E-state index >= 15 is 0 Å². The predicted molar refractivity (Wildman–Crippen MR) is 81.3 cm³/mol. The molecule has 1 fully saturated rings. The first kappa shape index (κ1) is 17.5. The highest BCUT2D eigenvalue weighted by atomic mass is 16.5. The van der Waals surface area contributed by atoms with E-state index in [1.165, 1.54) is 6.42 Å². The lowest BCUT2D eigenvalue weighted by atomic mass is 9.66. The Labute approximate surface area is 124 Å². The smallest absolute Gasteiger partial charge is 0.312 e. The fourth-order valence-corrected chi connectivity index (χ4v) is 3.90. The standard InChI is InChI=1S/C17H32O3/c1-6-20-16(18)15(13(4)5)17(19)9-7-8-14(11-17)10-12(2)3/h12-15,19H,6-11H2,1-5H3. The van der Waals surface area contributed by atoms with Gasteiger partial charge in [-0.25, -0.2) is 0 Å². The molecule has 0 radical (unpaired) electrons. The molecule has 0 bridgehead atoms. The number of carbonyl (C=O) groups is 1. The van der Waals surface area contributed by atoms with E-state index < -0.39 is 11.5 Å². The molecule has 1 aliphatic rings. The van der Waals surface area contributed by atoms with Crippen molar-refractivity contribution in [3.63, 3.8) is 0 Å². The molecule has 0 amide bonds. The van der Waals surface area contributed by atoms with E-state index in [1.54, 1.807) is 0 Å². The summed E-state index contributed by atoms with van der Waals surface area (Å²) in [6.07, 6.45) is 4.79. The molecule has 3 atom stereocenters. The minimum absolute atomic E-state index is 0.108. The third-order valence-corrected chi connectivity index (χ3v) is 4.46. The summed E-state index contributed by atoms with van der Waals surface area (Å²) in [5.41, 5.74) is -0.877. The number of carbonyl (C=O) groups excluding carboxylic acids is 1. The zero-order valence-corrected chi connectivity index (χ0v) is 13.8. The maximum absolute atomic E-state index is 12.2. The van der Waals surface area contributed by atoms with Gasteiger partial charge < -0.3 is 9.84 Å². The third-order valence-electron chi connectivity index (χ3n) is 4.46. The second-order valence-corrected chi connectivity index (χ2v) is 7.17. The first-order chi connectivity index (χ1) is 9.30. The molecule has 0 aromatic heterocycles. The van der Waals surface area contributed by atoms with Crippen molar-refractivity contribution < 1.29 is 14.6 Å². The van der Waals surface area contributed by atoms with E-state index in [4.69, 9.17) is 4.74 Å². The van der Waals surface area contributed by atoms with Gasteiger partial charge in [-0.3, -0.25) is 4.79 Å². The van der Waals surface area contributed by atoms with Crippen molar-refractivity contribution >= 4 is 5.97 Å². The maximum atomic E-state index is 12.2. The SMILES string of the molecule is CCOC(=O)C(C(C)C)C1(O)CCCC(CC(C)C)C1. The van der Waals surface area contributed by atoms with Crippen LogP contribution in [0.2, 0.25) is 0 Å². The quantitative estimate of drug-likeness (QED) is 0.755. The summed E-state index contributed by atoms with van der Waals surface area (Å²) in [6, 6.07) is 0. The van der Waals surface area contributed by atoms with Crippen molar-refractivity contribution in [3.05, 3.63) is 0 Å². The zero-order chi connectivity index (χ0) is 15.3. The molecule has 20 heavy (non-hydrogen) atoms. The highest BCUT2D eigenvalue weighted by Gasteiger charge is 2.46. The summed E-state index contributed by atoms with van der Waals surface area (Å²) >= 11 is 0. The Kier molecular flexibility index (Phi) is 6.50. The zero-order valence-electron chi connectivity index (χ0n) is 13.8. The van der Waals surface area contributed by atoms with Crippen molar-refractivity contribution in [2.24, 2.45) is 23.7 Å². The Hall–Kier alpha value is -0.570. The number of hydrogen-bond donors (Lipinski definition) is 1. The van der Waals surface area contributed by atoms with E-state index in [0.29, 0.717) is 18.4 Å². The largest absolute Gasteiger partial charge is 0.466 e. The van der Waals surface area contributed by atoms with Crippen LogP contribution in [0.1, 0.15) is 66.7 Å². The molecule has 3 unspecified atom stereocenters. The van der Waals surface area contributed by atoms with E-state index in [-0.39, 0.29) is 11.9 Å². The molecule has 1 rings (SSSR count). The molecule has 3 heteroatoms. The molecular weight excluding hydrogens is 252 g/mol. The molecule has 1 aliphatic carbocycles. The van der Waals surface area contributed by atoms with Crippen LogP contribution in [-0.2, 0) is 9.53 Å². The molecule has 0 aromatic carbocycles. The van der Waals surface area contributed by atoms with Gasteiger partial charge in [0.15, 0.2) is 0 Å². The van der Waals surface area contributed by atoms with Gasteiger partial charge in [0.2, 0.25) is 0 Å². The van der Waals surface area contributed by atoms with Gasteiger partial charge in [-0.2, -0.15) is 0 Å². The molecule has 0 aromatic rings. The van der Waals surface area contributed by atoms with Crippen LogP contribution in [0.4, 0.5) is 0 Å². The minimum atomic E-state index is -0.877. The minimum Gasteiger partial charge on any atom is -0.466 e. The molecule has 1 N–H and O–H groups in total. The lowest BCUT2D eigenvalue weighted by Crippen LogP contribution is -2.49. The molecule has 118 valence electrons. The number of ether oxygens (including phenoxy) is 1. The van der Waals surface area contributed by atoms with E-state index in [1.807, 2.05) is 20.8 Å². The summed E-state index contributed by atoms with van der Waals surface area (Å²) in [7, 11) is 0. The summed E-state index contributed by atoms with van der Waals surface area (Å²) in [4.78, 5) is 12.2. The molecule has 0 heterocycles. The Morgan fingerprint density at radius 3 is 2.50 bits per heavy atom. The summed E-state index contributed by atoms with van der Waals surface area (Å²) in [5, 5.41) is 11.1. The summed E-state index contributed by atoms with van der Waals surface area (Å²) < 4.78 is 5.20. The first-order valence-electron chi connectivity index (χ1n) is 8.19. The number of hydrogen-bond acceptors (Lipinski definition) is 3. The van der Waals surface area contributed by atoms with Crippen molar-refractivity contribution in [3.8, 4) is 0 Å². The van der Waals surface area contributed by atoms with Crippen LogP contribution in [0, 0.1) is 23.7 Å². The number of esters is 1. The predicted octanol–water partition coefficient (Wildman–Crippen LogP) is 3.79. The van der Waals surface area contributed by atoms with Gasteiger partial charge in [0.05, 0.1) is 18.1 Å². The van der Waals surface area contributed by atoms with Gasteiger partial charge in [-0.05, 0) is 43.9 Å². The lowest BCUT2D eigenvalue weighted by Gasteiger charge is -2.43. The Bertz CT molecular complexity index is 311. The lowest BCUT2D eigenvalue weighted by molar-refractivity contribution is -0.167. The van der Waals surface area contributed by atoms with Crippen molar-refractivity contribution in [1.82, 2.24) is 0 Å².